The maximum Gasteiger partial charge on any atom is 0.227 e. The summed E-state index contributed by atoms with van der Waals surface area (Å²) in [6.45, 7) is 4.79. The minimum atomic E-state index is -0.965. The van der Waals surface area contributed by atoms with Crippen LogP contribution in [-0.4, -0.2) is 29.7 Å². The Kier molecular flexibility index (Phi) is 9.94. The lowest BCUT2D eigenvalue weighted by molar-refractivity contribution is -0.124. The second-order valence-electron chi connectivity index (χ2n) is 8.84. The van der Waals surface area contributed by atoms with E-state index in [2.05, 4.69) is 29.7 Å². The van der Waals surface area contributed by atoms with E-state index in [-0.39, 0.29) is 24.8 Å². The summed E-state index contributed by atoms with van der Waals surface area (Å²) < 4.78 is 27.6. The summed E-state index contributed by atoms with van der Waals surface area (Å²) in [5.41, 5.74) is 3.58. The van der Waals surface area contributed by atoms with Gasteiger partial charge < -0.3 is 15.7 Å². The number of hydrogen-bond donors (Lipinski definition) is 3. The van der Waals surface area contributed by atoms with Crippen LogP contribution >= 0.6 is 0 Å². The molecule has 3 atom stereocenters. The van der Waals surface area contributed by atoms with Crippen LogP contribution in [-0.2, 0) is 24.2 Å². The second-order valence-corrected chi connectivity index (χ2v) is 8.84. The molecule has 3 N–H and O–H groups in total. The molecule has 3 aromatic rings. The third-order valence-corrected chi connectivity index (χ3v) is 6.18. The van der Waals surface area contributed by atoms with Crippen molar-refractivity contribution < 1.29 is 18.7 Å². The highest BCUT2D eigenvalue weighted by Gasteiger charge is 2.26. The lowest BCUT2D eigenvalue weighted by Crippen LogP contribution is -2.49. The van der Waals surface area contributed by atoms with Gasteiger partial charge in [0.05, 0.1) is 18.1 Å². The fourth-order valence-electron chi connectivity index (χ4n) is 4.27. The van der Waals surface area contributed by atoms with E-state index in [1.165, 1.54) is 17.7 Å². The number of aryl methyl sites for hydroxylation is 1. The zero-order valence-electron chi connectivity index (χ0n) is 20.3. The van der Waals surface area contributed by atoms with Crippen molar-refractivity contribution in [3.05, 3.63) is 107 Å². The number of benzene rings is 3. The first-order chi connectivity index (χ1) is 16.9. The van der Waals surface area contributed by atoms with E-state index in [1.54, 1.807) is 0 Å². The van der Waals surface area contributed by atoms with Gasteiger partial charge in [-0.3, -0.25) is 4.79 Å². The topological polar surface area (TPSA) is 61.4 Å². The molecule has 0 radical (unpaired) electrons. The predicted molar refractivity (Wildman–Crippen MR) is 135 cm³/mol. The number of amides is 1. The summed E-state index contributed by atoms with van der Waals surface area (Å²) in [5, 5.41) is 17.2. The molecule has 3 unspecified atom stereocenters. The largest absolute Gasteiger partial charge is 0.390 e. The van der Waals surface area contributed by atoms with Crippen LogP contribution in [0.5, 0.6) is 0 Å². The number of halogens is 2. The first kappa shape index (κ1) is 26.5. The van der Waals surface area contributed by atoms with Gasteiger partial charge in [0, 0.05) is 19.2 Å². The lowest BCUT2D eigenvalue weighted by Gasteiger charge is -2.27. The van der Waals surface area contributed by atoms with Crippen molar-refractivity contribution >= 4 is 5.91 Å². The third-order valence-electron chi connectivity index (χ3n) is 6.18. The summed E-state index contributed by atoms with van der Waals surface area (Å²) >= 11 is 0. The standard InChI is InChI=1S/C29H34F2N2O2/c1-3-20-9-8-10-21(13-20)18-32-19-28(34)27(16-22-14-24(30)17-25(31)15-22)33-29(35)26(4-2)23-11-6-5-7-12-23/h5-15,17,26-28,32,34H,3-4,16,18-19H2,1-2H3,(H,33,35). The SMILES string of the molecule is CCc1cccc(CNCC(O)C(Cc2cc(F)cc(F)c2)NC(=O)C(CC)c2ccccc2)c1. The quantitative estimate of drug-likeness (QED) is 0.346. The van der Waals surface area contributed by atoms with Gasteiger partial charge in [0.25, 0.3) is 0 Å². The van der Waals surface area contributed by atoms with Gasteiger partial charge in [0.2, 0.25) is 5.91 Å². The van der Waals surface area contributed by atoms with E-state index in [0.29, 0.717) is 18.5 Å². The van der Waals surface area contributed by atoms with E-state index in [0.717, 1.165) is 23.6 Å². The van der Waals surface area contributed by atoms with Gasteiger partial charge in [-0.2, -0.15) is 0 Å². The molecule has 0 aliphatic carbocycles. The number of hydrogen-bond acceptors (Lipinski definition) is 3. The first-order valence-electron chi connectivity index (χ1n) is 12.2. The minimum Gasteiger partial charge on any atom is -0.390 e. The molecule has 3 aromatic carbocycles. The molecular formula is C29H34F2N2O2. The van der Waals surface area contributed by atoms with Crippen LogP contribution in [0.1, 0.15) is 48.4 Å². The molecule has 0 aliphatic rings. The summed E-state index contributed by atoms with van der Waals surface area (Å²) in [6.07, 6.45) is 0.654. The molecule has 4 nitrogen and oxygen atoms in total. The highest BCUT2D eigenvalue weighted by molar-refractivity contribution is 5.83. The summed E-state index contributed by atoms with van der Waals surface area (Å²) in [5.74, 6) is -2.00. The number of aliphatic hydroxyl groups excluding tert-OH is 1. The Morgan fingerprint density at radius 3 is 2.23 bits per heavy atom. The second kappa shape index (κ2) is 13.1. The molecule has 0 fully saturated rings. The van der Waals surface area contributed by atoms with Crippen molar-refractivity contribution in [2.75, 3.05) is 6.54 Å². The van der Waals surface area contributed by atoms with E-state index >= 15 is 0 Å². The van der Waals surface area contributed by atoms with Crippen molar-refractivity contribution in [1.82, 2.24) is 10.6 Å². The fraction of sp³-hybridized carbons (Fsp3) is 0.345. The van der Waals surface area contributed by atoms with E-state index in [4.69, 9.17) is 0 Å². The van der Waals surface area contributed by atoms with Gasteiger partial charge >= 0.3 is 0 Å². The predicted octanol–water partition coefficient (Wildman–Crippen LogP) is 4.90. The highest BCUT2D eigenvalue weighted by atomic mass is 19.1. The summed E-state index contributed by atoms with van der Waals surface area (Å²) in [4.78, 5) is 13.2. The molecule has 0 bridgehead atoms. The maximum absolute atomic E-state index is 13.8. The van der Waals surface area contributed by atoms with E-state index in [1.807, 2.05) is 49.4 Å². The number of carbonyl (C=O) groups is 1. The molecule has 0 saturated carbocycles. The van der Waals surface area contributed by atoms with Crippen molar-refractivity contribution in [1.29, 1.82) is 0 Å². The molecule has 0 aromatic heterocycles. The lowest BCUT2D eigenvalue weighted by atomic mass is 9.94. The van der Waals surface area contributed by atoms with Crippen LogP contribution in [0.4, 0.5) is 8.78 Å². The molecule has 186 valence electrons. The molecule has 1 amide bonds. The zero-order valence-corrected chi connectivity index (χ0v) is 20.3. The fourth-order valence-corrected chi connectivity index (χ4v) is 4.27. The van der Waals surface area contributed by atoms with E-state index < -0.39 is 23.8 Å². The Bertz CT molecular complexity index is 1070. The molecule has 0 saturated heterocycles. The van der Waals surface area contributed by atoms with Crippen LogP contribution in [0, 0.1) is 11.6 Å². The normalized spacial score (nSPS) is 13.7. The van der Waals surface area contributed by atoms with Gasteiger partial charge in [-0.05, 0) is 53.6 Å². The zero-order chi connectivity index (χ0) is 25.2. The van der Waals surface area contributed by atoms with Gasteiger partial charge in [-0.1, -0.05) is 68.4 Å². The first-order valence-corrected chi connectivity index (χ1v) is 12.2. The van der Waals surface area contributed by atoms with Crippen LogP contribution in [0.3, 0.4) is 0 Å². The van der Waals surface area contributed by atoms with Crippen LogP contribution < -0.4 is 10.6 Å². The average molecular weight is 481 g/mol. The van der Waals surface area contributed by atoms with Gasteiger partial charge in [0.15, 0.2) is 0 Å². The Labute approximate surface area is 206 Å². The Balaban J connectivity index is 1.72. The van der Waals surface area contributed by atoms with Gasteiger partial charge in [0.1, 0.15) is 11.6 Å². The number of aliphatic hydroxyl groups is 1. The Morgan fingerprint density at radius 1 is 0.886 bits per heavy atom. The van der Waals surface area contributed by atoms with E-state index in [9.17, 15) is 18.7 Å². The monoisotopic (exact) mass is 480 g/mol. The van der Waals surface area contributed by atoms with Crippen molar-refractivity contribution in [2.45, 2.75) is 57.7 Å². The highest BCUT2D eigenvalue weighted by Crippen LogP contribution is 2.20. The molecule has 0 spiro atoms. The third kappa shape index (κ3) is 7.98. The van der Waals surface area contributed by atoms with Gasteiger partial charge in [-0.25, -0.2) is 8.78 Å². The molecular weight excluding hydrogens is 446 g/mol. The van der Waals surface area contributed by atoms with Crippen molar-refractivity contribution in [2.24, 2.45) is 0 Å². The molecule has 35 heavy (non-hydrogen) atoms. The molecule has 0 aliphatic heterocycles. The van der Waals surface area contributed by atoms with Crippen molar-refractivity contribution in [3.8, 4) is 0 Å². The summed E-state index contributed by atoms with van der Waals surface area (Å²) in [7, 11) is 0. The van der Waals surface area contributed by atoms with Crippen LogP contribution in [0.2, 0.25) is 0 Å². The Hall–Kier alpha value is -3.09. The smallest absolute Gasteiger partial charge is 0.227 e. The molecule has 6 heteroatoms. The number of rotatable bonds is 12. The number of nitrogens with one attached hydrogen (secondary N) is 2. The number of carbonyl (C=O) groups excluding carboxylic acids is 1. The minimum absolute atomic E-state index is 0.0970. The van der Waals surface area contributed by atoms with Crippen LogP contribution in [0.25, 0.3) is 0 Å². The van der Waals surface area contributed by atoms with Crippen LogP contribution in [0.15, 0.2) is 72.8 Å². The molecule has 0 heterocycles. The maximum atomic E-state index is 13.8. The van der Waals surface area contributed by atoms with Gasteiger partial charge in [-0.15, -0.1) is 0 Å². The Morgan fingerprint density at radius 2 is 1.57 bits per heavy atom. The molecule has 3 rings (SSSR count). The average Bonchev–Trinajstić information content (AvgIpc) is 2.84. The summed E-state index contributed by atoms with van der Waals surface area (Å²) in [6, 6.07) is 20.2. The van der Waals surface area contributed by atoms with Crippen molar-refractivity contribution in [3.63, 3.8) is 0 Å².